The number of nitrogens with one attached hydrogen (secondary N) is 2. The van der Waals surface area contributed by atoms with E-state index in [4.69, 9.17) is 0 Å². The predicted molar refractivity (Wildman–Crippen MR) is 84.0 cm³/mol. The quantitative estimate of drug-likeness (QED) is 0.848. The Morgan fingerprint density at radius 1 is 1.19 bits per heavy atom. The molecule has 0 bridgehead atoms. The minimum absolute atomic E-state index is 0.225. The van der Waals surface area contributed by atoms with Crippen LogP contribution in [0.25, 0.3) is 11.0 Å². The normalized spacial score (nSPS) is 16.8. The van der Waals surface area contributed by atoms with Crippen molar-refractivity contribution < 1.29 is 4.79 Å². The number of para-hydroxylation sites is 2. The van der Waals surface area contributed by atoms with Crippen molar-refractivity contribution in [3.8, 4) is 0 Å². The zero-order chi connectivity index (χ0) is 14.5. The number of carbonyl (C=O) groups excluding carboxylic acids is 1. The highest BCUT2D eigenvalue weighted by atomic mass is 16.1. The summed E-state index contributed by atoms with van der Waals surface area (Å²) in [6.07, 6.45) is 7.81. The van der Waals surface area contributed by atoms with E-state index in [-0.39, 0.29) is 11.8 Å². The molecule has 0 unspecified atom stereocenters. The minimum Gasteiger partial charge on any atom is -0.355 e. The van der Waals surface area contributed by atoms with Crippen LogP contribution in [0.4, 0.5) is 0 Å². The Bertz CT molecular complexity index is 564. The Morgan fingerprint density at radius 3 is 2.71 bits per heavy atom. The van der Waals surface area contributed by atoms with E-state index >= 15 is 0 Å². The second-order valence-electron chi connectivity index (χ2n) is 5.93. The Morgan fingerprint density at radius 2 is 1.95 bits per heavy atom. The van der Waals surface area contributed by atoms with Gasteiger partial charge in [-0.25, -0.2) is 4.98 Å². The Labute approximate surface area is 125 Å². The van der Waals surface area contributed by atoms with Crippen LogP contribution in [-0.2, 0) is 11.2 Å². The third kappa shape index (κ3) is 3.63. The van der Waals surface area contributed by atoms with Crippen LogP contribution in [0.2, 0.25) is 0 Å². The molecule has 0 aliphatic heterocycles. The molecule has 4 nitrogen and oxygen atoms in total. The van der Waals surface area contributed by atoms with Gasteiger partial charge in [-0.2, -0.15) is 0 Å². The van der Waals surface area contributed by atoms with Crippen LogP contribution < -0.4 is 5.32 Å². The topological polar surface area (TPSA) is 57.8 Å². The molecule has 1 aromatic heterocycles. The minimum atomic E-state index is 0.225. The number of aromatic nitrogens is 2. The molecule has 1 fully saturated rings. The summed E-state index contributed by atoms with van der Waals surface area (Å²) in [4.78, 5) is 20.0. The van der Waals surface area contributed by atoms with Gasteiger partial charge >= 0.3 is 0 Å². The number of benzene rings is 1. The lowest BCUT2D eigenvalue weighted by Crippen LogP contribution is -2.32. The first-order valence-corrected chi connectivity index (χ1v) is 8.04. The Balaban J connectivity index is 1.49. The highest BCUT2D eigenvalue weighted by Gasteiger charge is 2.19. The zero-order valence-electron chi connectivity index (χ0n) is 12.4. The predicted octanol–water partition coefficient (Wildman–Crippen LogP) is 3.19. The van der Waals surface area contributed by atoms with Crippen molar-refractivity contribution in [2.75, 3.05) is 6.54 Å². The molecule has 1 amide bonds. The van der Waals surface area contributed by atoms with Crippen molar-refractivity contribution in [3.05, 3.63) is 30.1 Å². The fourth-order valence-electron chi connectivity index (χ4n) is 3.11. The van der Waals surface area contributed by atoms with E-state index < -0.39 is 0 Å². The highest BCUT2D eigenvalue weighted by molar-refractivity contribution is 5.78. The zero-order valence-corrected chi connectivity index (χ0v) is 12.4. The summed E-state index contributed by atoms with van der Waals surface area (Å²) in [5.41, 5.74) is 2.05. The maximum atomic E-state index is 12.2. The second kappa shape index (κ2) is 6.74. The first-order valence-electron chi connectivity index (χ1n) is 8.04. The van der Waals surface area contributed by atoms with Gasteiger partial charge in [0.25, 0.3) is 0 Å². The third-order valence-corrected chi connectivity index (χ3v) is 4.33. The van der Waals surface area contributed by atoms with Crippen LogP contribution in [0, 0.1) is 5.92 Å². The molecule has 1 aliphatic rings. The van der Waals surface area contributed by atoms with Gasteiger partial charge in [0.2, 0.25) is 5.91 Å². The number of imidazole rings is 1. The van der Waals surface area contributed by atoms with E-state index in [0.29, 0.717) is 6.54 Å². The van der Waals surface area contributed by atoms with Crippen molar-refractivity contribution in [1.29, 1.82) is 0 Å². The van der Waals surface area contributed by atoms with Crippen molar-refractivity contribution in [2.24, 2.45) is 5.92 Å². The summed E-state index contributed by atoms with van der Waals surface area (Å²) in [7, 11) is 0. The molecule has 1 heterocycles. The van der Waals surface area contributed by atoms with Gasteiger partial charge in [0.15, 0.2) is 0 Å². The molecule has 1 saturated carbocycles. The number of hydrogen-bond acceptors (Lipinski definition) is 2. The lowest BCUT2D eigenvalue weighted by atomic mass is 9.99. The molecule has 0 spiro atoms. The molecule has 3 rings (SSSR count). The molecule has 0 radical (unpaired) electrons. The first kappa shape index (κ1) is 14.1. The SMILES string of the molecule is O=C(NCCc1nc2ccccc2[nH]1)C1CCCCCC1. The molecule has 0 atom stereocenters. The molecule has 21 heavy (non-hydrogen) atoms. The van der Waals surface area contributed by atoms with Crippen molar-refractivity contribution in [2.45, 2.75) is 44.9 Å². The van der Waals surface area contributed by atoms with Gasteiger partial charge < -0.3 is 10.3 Å². The van der Waals surface area contributed by atoms with Gasteiger partial charge in [0.1, 0.15) is 5.82 Å². The molecule has 1 aromatic carbocycles. The van der Waals surface area contributed by atoms with Crippen LogP contribution >= 0.6 is 0 Å². The number of aromatic amines is 1. The van der Waals surface area contributed by atoms with Crippen LogP contribution in [0.3, 0.4) is 0 Å². The number of carbonyl (C=O) groups is 1. The van der Waals surface area contributed by atoms with Crippen molar-refractivity contribution in [1.82, 2.24) is 15.3 Å². The van der Waals surface area contributed by atoms with Crippen molar-refractivity contribution in [3.63, 3.8) is 0 Å². The first-order chi connectivity index (χ1) is 10.3. The Kier molecular flexibility index (Phi) is 4.53. The van der Waals surface area contributed by atoms with Gasteiger partial charge in [-0.3, -0.25) is 4.79 Å². The summed E-state index contributed by atoms with van der Waals surface area (Å²) < 4.78 is 0. The highest BCUT2D eigenvalue weighted by Crippen LogP contribution is 2.22. The average molecular weight is 285 g/mol. The summed E-state index contributed by atoms with van der Waals surface area (Å²) >= 11 is 0. The van der Waals surface area contributed by atoms with Gasteiger partial charge in [0, 0.05) is 18.9 Å². The number of nitrogens with zero attached hydrogens (tertiary/aromatic N) is 1. The van der Waals surface area contributed by atoms with Crippen molar-refractivity contribution >= 4 is 16.9 Å². The van der Waals surface area contributed by atoms with E-state index in [1.165, 1.54) is 25.7 Å². The van der Waals surface area contributed by atoms with Gasteiger partial charge in [-0.15, -0.1) is 0 Å². The summed E-state index contributed by atoms with van der Waals surface area (Å²) in [6.45, 7) is 0.662. The molecule has 0 saturated heterocycles. The molecule has 4 heteroatoms. The van der Waals surface area contributed by atoms with Crippen LogP contribution in [0.1, 0.15) is 44.3 Å². The van der Waals surface area contributed by atoms with E-state index in [2.05, 4.69) is 15.3 Å². The van der Waals surface area contributed by atoms with Gasteiger partial charge in [0.05, 0.1) is 11.0 Å². The second-order valence-corrected chi connectivity index (χ2v) is 5.93. The Hall–Kier alpha value is -1.84. The fraction of sp³-hybridized carbons (Fsp3) is 0.529. The molecular formula is C17H23N3O. The fourth-order valence-corrected chi connectivity index (χ4v) is 3.11. The van der Waals surface area contributed by atoms with Gasteiger partial charge in [-0.05, 0) is 25.0 Å². The number of hydrogen-bond donors (Lipinski definition) is 2. The summed E-state index contributed by atoms with van der Waals surface area (Å²) in [5, 5.41) is 3.07. The van der Waals surface area contributed by atoms with E-state index in [0.717, 1.165) is 36.1 Å². The van der Waals surface area contributed by atoms with E-state index in [9.17, 15) is 4.79 Å². The number of rotatable bonds is 4. The van der Waals surface area contributed by atoms with Gasteiger partial charge in [-0.1, -0.05) is 37.8 Å². The summed E-state index contributed by atoms with van der Waals surface area (Å²) in [5.74, 6) is 1.40. The van der Waals surface area contributed by atoms with Crippen LogP contribution in [-0.4, -0.2) is 22.4 Å². The number of H-pyrrole nitrogens is 1. The molecule has 112 valence electrons. The largest absolute Gasteiger partial charge is 0.355 e. The van der Waals surface area contributed by atoms with E-state index in [1.807, 2.05) is 24.3 Å². The number of fused-ring (bicyclic) bond motifs is 1. The number of amides is 1. The maximum Gasteiger partial charge on any atom is 0.223 e. The smallest absolute Gasteiger partial charge is 0.223 e. The summed E-state index contributed by atoms with van der Waals surface area (Å²) in [6, 6.07) is 8.01. The standard InChI is InChI=1S/C17H23N3O/c21-17(13-7-3-1-2-4-8-13)18-12-11-16-19-14-9-5-6-10-15(14)20-16/h5-6,9-10,13H,1-4,7-8,11-12H2,(H,18,21)(H,19,20). The lowest BCUT2D eigenvalue weighted by Gasteiger charge is -2.13. The third-order valence-electron chi connectivity index (χ3n) is 4.33. The monoisotopic (exact) mass is 285 g/mol. The molecule has 2 aromatic rings. The maximum absolute atomic E-state index is 12.2. The molecule has 2 N–H and O–H groups in total. The van der Waals surface area contributed by atoms with E-state index in [1.54, 1.807) is 0 Å². The molecule has 1 aliphatic carbocycles. The van der Waals surface area contributed by atoms with Crippen LogP contribution in [0.5, 0.6) is 0 Å². The lowest BCUT2D eigenvalue weighted by molar-refractivity contribution is -0.125. The average Bonchev–Trinajstić information content (AvgIpc) is 2.71. The molecular weight excluding hydrogens is 262 g/mol. The van der Waals surface area contributed by atoms with Crippen LogP contribution in [0.15, 0.2) is 24.3 Å².